The van der Waals surface area contributed by atoms with Crippen LogP contribution in [0.2, 0.25) is 5.02 Å². The van der Waals surface area contributed by atoms with Crippen LogP contribution in [-0.4, -0.2) is 15.1 Å². The Hall–Kier alpha value is -2.98. The smallest absolute Gasteiger partial charge is 0.145 e. The van der Waals surface area contributed by atoms with E-state index < -0.39 is 5.82 Å². The van der Waals surface area contributed by atoms with Crippen molar-refractivity contribution in [1.82, 2.24) is 9.97 Å². The fourth-order valence-corrected chi connectivity index (χ4v) is 3.96. The molecular weight excluding hydrogens is 387 g/mol. The molecule has 2 aromatic carbocycles. The van der Waals surface area contributed by atoms with Crippen LogP contribution in [-0.2, 0) is 6.42 Å². The van der Waals surface area contributed by atoms with E-state index in [9.17, 15) is 9.50 Å². The molecule has 1 unspecified atom stereocenters. The summed E-state index contributed by atoms with van der Waals surface area (Å²) in [5.41, 5.74) is 4.56. The summed E-state index contributed by atoms with van der Waals surface area (Å²) >= 11 is 6.41. The summed E-state index contributed by atoms with van der Waals surface area (Å²) in [6.07, 6.45) is 0.512. The zero-order valence-corrected chi connectivity index (χ0v) is 16.9. The predicted molar refractivity (Wildman–Crippen MR) is 114 cm³/mol. The minimum atomic E-state index is -0.397. The first-order chi connectivity index (χ1) is 13.9. The fraction of sp³-hybridized carbons (Fsp3) is 0.167. The quantitative estimate of drug-likeness (QED) is 0.444. The number of nitrogens with zero attached hydrogens (tertiary/aromatic N) is 2. The second kappa shape index (κ2) is 7.80. The van der Waals surface area contributed by atoms with Crippen LogP contribution in [0.25, 0.3) is 10.9 Å². The van der Waals surface area contributed by atoms with Gasteiger partial charge in [0.1, 0.15) is 17.1 Å². The van der Waals surface area contributed by atoms with Gasteiger partial charge in [-0.3, -0.25) is 4.98 Å². The van der Waals surface area contributed by atoms with Gasteiger partial charge in [0.05, 0.1) is 0 Å². The topological polar surface area (TPSA) is 46.0 Å². The van der Waals surface area contributed by atoms with E-state index in [1.165, 1.54) is 12.1 Å². The number of aromatic nitrogens is 2. The van der Waals surface area contributed by atoms with Crippen LogP contribution in [0.4, 0.5) is 4.39 Å². The Kier molecular flexibility index (Phi) is 5.20. The molecule has 1 atom stereocenters. The van der Waals surface area contributed by atoms with Crippen molar-refractivity contribution in [2.75, 3.05) is 0 Å². The van der Waals surface area contributed by atoms with Gasteiger partial charge in [0.15, 0.2) is 0 Å². The molecule has 2 heterocycles. The van der Waals surface area contributed by atoms with E-state index in [0.29, 0.717) is 22.5 Å². The third kappa shape index (κ3) is 3.94. The lowest BCUT2D eigenvalue weighted by Crippen LogP contribution is -2.08. The molecule has 0 saturated carbocycles. The second-order valence-electron chi connectivity index (χ2n) is 7.22. The zero-order valence-electron chi connectivity index (χ0n) is 16.2. The zero-order chi connectivity index (χ0) is 20.5. The Bertz CT molecular complexity index is 1210. The molecule has 0 bridgehead atoms. The molecule has 3 nitrogen and oxygen atoms in total. The molecule has 146 valence electrons. The molecule has 0 radical (unpaired) electrons. The maximum absolute atomic E-state index is 13.7. The van der Waals surface area contributed by atoms with Crippen LogP contribution < -0.4 is 0 Å². The Morgan fingerprint density at radius 1 is 0.931 bits per heavy atom. The minimum Gasteiger partial charge on any atom is -0.505 e. The lowest BCUT2D eigenvalue weighted by atomic mass is 9.86. The predicted octanol–water partition coefficient (Wildman–Crippen LogP) is 6.12. The summed E-state index contributed by atoms with van der Waals surface area (Å²) in [7, 11) is 0. The van der Waals surface area contributed by atoms with Gasteiger partial charge in [0.25, 0.3) is 0 Å². The monoisotopic (exact) mass is 406 g/mol. The number of aryl methyl sites for hydroxylation is 2. The largest absolute Gasteiger partial charge is 0.505 e. The lowest BCUT2D eigenvalue weighted by molar-refractivity contribution is 0.469. The normalized spacial score (nSPS) is 12.3. The number of fused-ring (bicyclic) bond motifs is 1. The van der Waals surface area contributed by atoms with Gasteiger partial charge in [0.2, 0.25) is 0 Å². The first kappa shape index (κ1) is 19.3. The average molecular weight is 407 g/mol. The molecule has 4 aromatic rings. The van der Waals surface area contributed by atoms with Crippen LogP contribution in [0, 0.1) is 19.7 Å². The standard InChI is InChI=1S/C24H20ClFN2O/c1-14-4-3-5-18(27-14)13-21(19-11-9-17(26)12-22(19)25)20-10-8-16-7-6-15(2)28-23(16)24(20)29/h3-12,21,29H,13H2,1-2H3. The van der Waals surface area contributed by atoms with Crippen LogP contribution in [0.3, 0.4) is 0 Å². The van der Waals surface area contributed by atoms with Crippen molar-refractivity contribution in [3.8, 4) is 5.75 Å². The van der Waals surface area contributed by atoms with Gasteiger partial charge in [-0.15, -0.1) is 0 Å². The Balaban J connectivity index is 1.90. The Morgan fingerprint density at radius 3 is 2.41 bits per heavy atom. The second-order valence-corrected chi connectivity index (χ2v) is 7.63. The van der Waals surface area contributed by atoms with Gasteiger partial charge >= 0.3 is 0 Å². The fourth-order valence-electron chi connectivity index (χ4n) is 3.66. The molecule has 0 aliphatic rings. The Labute approximate surface area is 173 Å². The number of aromatic hydroxyl groups is 1. The molecule has 0 fully saturated rings. The maximum atomic E-state index is 13.7. The van der Waals surface area contributed by atoms with E-state index in [0.717, 1.165) is 28.0 Å². The Morgan fingerprint density at radius 2 is 1.66 bits per heavy atom. The van der Waals surface area contributed by atoms with Gasteiger partial charge in [-0.05, 0) is 49.7 Å². The van der Waals surface area contributed by atoms with Crippen molar-refractivity contribution in [2.45, 2.75) is 26.2 Å². The van der Waals surface area contributed by atoms with E-state index in [-0.39, 0.29) is 11.7 Å². The summed E-state index contributed by atoms with van der Waals surface area (Å²) in [4.78, 5) is 9.11. The van der Waals surface area contributed by atoms with Gasteiger partial charge in [-0.25, -0.2) is 9.37 Å². The van der Waals surface area contributed by atoms with Crippen LogP contribution in [0.1, 0.15) is 34.1 Å². The molecule has 1 N–H and O–H groups in total. The number of hydrogen-bond acceptors (Lipinski definition) is 3. The van der Waals surface area contributed by atoms with Gasteiger partial charge < -0.3 is 5.11 Å². The number of phenols is 1. The number of phenolic OH excluding ortho intramolecular Hbond substituents is 1. The lowest BCUT2D eigenvalue weighted by Gasteiger charge is -2.21. The highest BCUT2D eigenvalue weighted by Crippen LogP contribution is 2.40. The summed E-state index contributed by atoms with van der Waals surface area (Å²) in [6.45, 7) is 3.82. The van der Waals surface area contributed by atoms with Crippen molar-refractivity contribution in [1.29, 1.82) is 0 Å². The molecule has 0 aliphatic heterocycles. The molecule has 0 saturated heterocycles. The van der Waals surface area contributed by atoms with E-state index in [2.05, 4.69) is 9.97 Å². The van der Waals surface area contributed by atoms with E-state index in [1.807, 2.05) is 56.3 Å². The van der Waals surface area contributed by atoms with Crippen molar-refractivity contribution >= 4 is 22.5 Å². The van der Waals surface area contributed by atoms with Gasteiger partial charge in [0, 0.05) is 45.4 Å². The summed E-state index contributed by atoms with van der Waals surface area (Å²) < 4.78 is 13.7. The molecule has 4 rings (SSSR count). The average Bonchev–Trinajstić information content (AvgIpc) is 2.68. The molecule has 5 heteroatoms. The van der Waals surface area contributed by atoms with Gasteiger partial charge in [-0.2, -0.15) is 0 Å². The highest BCUT2D eigenvalue weighted by molar-refractivity contribution is 6.31. The molecule has 29 heavy (non-hydrogen) atoms. The SMILES string of the molecule is Cc1cccc(CC(c2ccc(F)cc2Cl)c2ccc3ccc(C)nc3c2O)n1. The van der Waals surface area contributed by atoms with E-state index in [1.54, 1.807) is 6.07 Å². The van der Waals surface area contributed by atoms with Crippen LogP contribution >= 0.6 is 11.6 Å². The minimum absolute atomic E-state index is 0.115. The maximum Gasteiger partial charge on any atom is 0.145 e. The van der Waals surface area contributed by atoms with Crippen molar-refractivity contribution in [3.05, 3.63) is 99.7 Å². The molecule has 0 amide bonds. The third-order valence-corrected chi connectivity index (χ3v) is 5.41. The third-order valence-electron chi connectivity index (χ3n) is 5.08. The highest BCUT2D eigenvalue weighted by Gasteiger charge is 2.23. The summed E-state index contributed by atoms with van der Waals surface area (Å²) in [6, 6.07) is 17.8. The first-order valence-electron chi connectivity index (χ1n) is 9.39. The van der Waals surface area contributed by atoms with E-state index >= 15 is 0 Å². The summed E-state index contributed by atoms with van der Waals surface area (Å²) in [5, 5.41) is 12.3. The van der Waals surface area contributed by atoms with Crippen molar-refractivity contribution in [2.24, 2.45) is 0 Å². The van der Waals surface area contributed by atoms with Gasteiger partial charge in [-0.1, -0.05) is 41.9 Å². The molecule has 0 aliphatic carbocycles. The molecule has 0 spiro atoms. The number of rotatable bonds is 4. The van der Waals surface area contributed by atoms with E-state index in [4.69, 9.17) is 11.6 Å². The summed E-state index contributed by atoms with van der Waals surface area (Å²) in [5.74, 6) is -0.584. The molecular formula is C24H20ClFN2O. The number of benzene rings is 2. The van der Waals surface area contributed by atoms with Crippen LogP contribution in [0.15, 0.2) is 60.7 Å². The first-order valence-corrected chi connectivity index (χ1v) is 9.77. The van der Waals surface area contributed by atoms with Crippen LogP contribution in [0.5, 0.6) is 5.75 Å². The molecule has 2 aromatic heterocycles. The number of pyridine rings is 2. The van der Waals surface area contributed by atoms with Crippen molar-refractivity contribution < 1.29 is 9.50 Å². The van der Waals surface area contributed by atoms with Crippen molar-refractivity contribution in [3.63, 3.8) is 0 Å². The number of halogens is 2. The highest BCUT2D eigenvalue weighted by atomic mass is 35.5. The number of hydrogen-bond donors (Lipinski definition) is 1.